The summed E-state index contributed by atoms with van der Waals surface area (Å²) in [5.74, 6) is 1.64. The number of pyridine rings is 1. The van der Waals surface area contributed by atoms with E-state index < -0.39 is 0 Å². The largest absolute Gasteiger partial charge is 0.495 e. The molecule has 38 heavy (non-hydrogen) atoms. The number of rotatable bonds is 8. The summed E-state index contributed by atoms with van der Waals surface area (Å²) >= 11 is 1.34. The Morgan fingerprint density at radius 3 is 2.47 bits per heavy atom. The first-order valence-corrected chi connectivity index (χ1v) is 13.6. The van der Waals surface area contributed by atoms with E-state index in [-0.39, 0.29) is 17.2 Å². The normalized spacial score (nSPS) is 13.3. The van der Waals surface area contributed by atoms with Crippen LogP contribution in [0.3, 0.4) is 0 Å². The molecule has 0 unspecified atom stereocenters. The number of thiophene rings is 1. The molecule has 2 aromatic carbocycles. The lowest BCUT2D eigenvalue weighted by Crippen LogP contribution is -2.14. The number of hydrogen-bond donors (Lipinski definition) is 3. The van der Waals surface area contributed by atoms with Gasteiger partial charge < -0.3 is 20.7 Å². The number of amides is 2. The molecule has 1 saturated carbocycles. The van der Waals surface area contributed by atoms with Crippen LogP contribution >= 0.6 is 11.3 Å². The van der Waals surface area contributed by atoms with Crippen molar-refractivity contribution >= 4 is 50.4 Å². The highest BCUT2D eigenvalue weighted by Gasteiger charge is 2.21. The molecule has 0 radical (unpaired) electrons. The Kier molecular flexibility index (Phi) is 7.08. The van der Waals surface area contributed by atoms with E-state index in [4.69, 9.17) is 4.74 Å². The molecule has 0 spiro atoms. The van der Waals surface area contributed by atoms with Crippen molar-refractivity contribution in [1.82, 2.24) is 4.98 Å². The Morgan fingerprint density at radius 1 is 1.00 bits per heavy atom. The zero-order chi connectivity index (χ0) is 26.9. The third-order valence-corrected chi connectivity index (χ3v) is 7.81. The average Bonchev–Trinajstić information content (AvgIpc) is 3.62. The molecule has 3 N–H and O–H groups in total. The third-order valence-electron chi connectivity index (χ3n) is 6.62. The molecule has 1 fully saturated rings. The van der Waals surface area contributed by atoms with Gasteiger partial charge in [0, 0.05) is 12.7 Å². The van der Waals surface area contributed by atoms with Gasteiger partial charge in [-0.1, -0.05) is 39.0 Å². The van der Waals surface area contributed by atoms with Crippen LogP contribution in [-0.4, -0.2) is 30.5 Å². The molecule has 2 amide bonds. The summed E-state index contributed by atoms with van der Waals surface area (Å²) in [7, 11) is 1.59. The number of carbonyl (C=O) groups excluding carboxylic acids is 2. The van der Waals surface area contributed by atoms with Crippen molar-refractivity contribution in [3.05, 3.63) is 76.8 Å². The third kappa shape index (κ3) is 5.81. The Morgan fingerprint density at radius 2 is 1.79 bits per heavy atom. The minimum atomic E-state index is -0.248. The lowest BCUT2D eigenvalue weighted by molar-refractivity contribution is 0.102. The van der Waals surface area contributed by atoms with Crippen molar-refractivity contribution in [2.24, 2.45) is 5.92 Å². The van der Waals surface area contributed by atoms with Crippen LogP contribution in [0.4, 0.5) is 17.2 Å². The minimum Gasteiger partial charge on any atom is -0.495 e. The molecule has 4 aromatic rings. The molecule has 0 atom stereocenters. The van der Waals surface area contributed by atoms with Crippen LogP contribution in [0.5, 0.6) is 5.75 Å². The number of nitrogens with one attached hydrogen (secondary N) is 3. The maximum absolute atomic E-state index is 13.2. The summed E-state index contributed by atoms with van der Waals surface area (Å²) in [5.41, 5.74) is 2.77. The predicted octanol–water partition coefficient (Wildman–Crippen LogP) is 6.93. The highest BCUT2D eigenvalue weighted by Crippen LogP contribution is 2.35. The van der Waals surface area contributed by atoms with Crippen molar-refractivity contribution in [2.45, 2.75) is 39.0 Å². The summed E-state index contributed by atoms with van der Waals surface area (Å²) in [4.78, 5) is 31.1. The number of anilines is 3. The second kappa shape index (κ2) is 10.5. The summed E-state index contributed by atoms with van der Waals surface area (Å²) in [6.07, 6.45) is 4.12. The lowest BCUT2D eigenvalue weighted by Gasteiger charge is -2.21. The maximum atomic E-state index is 13.2. The van der Waals surface area contributed by atoms with Gasteiger partial charge in [-0.2, -0.15) is 0 Å². The first kappa shape index (κ1) is 25.7. The van der Waals surface area contributed by atoms with Crippen molar-refractivity contribution in [2.75, 3.05) is 29.6 Å². The highest BCUT2D eigenvalue weighted by atomic mass is 32.1. The summed E-state index contributed by atoms with van der Waals surface area (Å²) in [6, 6.07) is 16.9. The van der Waals surface area contributed by atoms with Crippen LogP contribution in [-0.2, 0) is 5.41 Å². The summed E-state index contributed by atoms with van der Waals surface area (Å²) < 4.78 is 6.31. The van der Waals surface area contributed by atoms with Gasteiger partial charge in [-0.3, -0.25) is 9.59 Å². The molecular formula is C30H32N4O3S. The molecule has 196 valence electrons. The Bertz CT molecular complexity index is 1480. The van der Waals surface area contributed by atoms with E-state index in [1.165, 1.54) is 24.2 Å². The van der Waals surface area contributed by atoms with Crippen LogP contribution in [0.1, 0.15) is 59.2 Å². The molecule has 0 aliphatic heterocycles. The SMILES string of the molecule is COc1ccc(C(C)(C)C)cc1NC(=O)c1cc2cccc(NC(=O)c3ccc(NCC4CC4)nc3)c2s1. The van der Waals surface area contributed by atoms with E-state index >= 15 is 0 Å². The van der Waals surface area contributed by atoms with Crippen LogP contribution in [0.25, 0.3) is 10.1 Å². The van der Waals surface area contributed by atoms with Gasteiger partial charge in [0.1, 0.15) is 11.6 Å². The minimum absolute atomic E-state index is 0.0700. The average molecular weight is 529 g/mol. The molecule has 0 saturated heterocycles. The maximum Gasteiger partial charge on any atom is 0.265 e. The molecule has 2 aromatic heterocycles. The van der Waals surface area contributed by atoms with E-state index in [9.17, 15) is 9.59 Å². The number of aromatic nitrogens is 1. The van der Waals surface area contributed by atoms with Crippen molar-refractivity contribution in [1.29, 1.82) is 0 Å². The number of fused-ring (bicyclic) bond motifs is 1. The first-order chi connectivity index (χ1) is 18.2. The molecular weight excluding hydrogens is 496 g/mol. The fraction of sp³-hybridized carbons (Fsp3) is 0.300. The molecule has 8 heteroatoms. The fourth-order valence-corrected chi connectivity index (χ4v) is 5.15. The van der Waals surface area contributed by atoms with Gasteiger partial charge in [-0.05, 0) is 71.5 Å². The number of ether oxygens (including phenoxy) is 1. The topological polar surface area (TPSA) is 92.4 Å². The smallest absolute Gasteiger partial charge is 0.265 e. The van der Waals surface area contributed by atoms with Crippen LogP contribution in [0, 0.1) is 5.92 Å². The predicted molar refractivity (Wildman–Crippen MR) is 155 cm³/mol. The standard InChI is InChI=1S/C30H32N4O3S/c1-30(2,3)21-11-12-24(37-4)23(15-21)34-29(36)25-14-19-6-5-7-22(27(19)38-25)33-28(35)20-10-13-26(32-17-20)31-16-18-8-9-18/h5-7,10-15,17-18H,8-9,16H2,1-4H3,(H,31,32)(H,33,35)(H,34,36). The number of carbonyl (C=O) groups is 2. The van der Waals surface area contributed by atoms with E-state index in [0.717, 1.165) is 33.9 Å². The monoisotopic (exact) mass is 528 g/mol. The molecule has 2 heterocycles. The van der Waals surface area contributed by atoms with Gasteiger partial charge >= 0.3 is 0 Å². The first-order valence-electron chi connectivity index (χ1n) is 12.7. The number of nitrogens with zero attached hydrogens (tertiary/aromatic N) is 1. The van der Waals surface area contributed by atoms with Gasteiger partial charge in [0.15, 0.2) is 0 Å². The van der Waals surface area contributed by atoms with Gasteiger partial charge in [0.05, 0.1) is 33.6 Å². The molecule has 0 bridgehead atoms. The molecule has 5 rings (SSSR count). The van der Waals surface area contributed by atoms with Crippen molar-refractivity contribution < 1.29 is 14.3 Å². The zero-order valence-electron chi connectivity index (χ0n) is 22.1. The molecule has 1 aliphatic carbocycles. The van der Waals surface area contributed by atoms with E-state index in [0.29, 0.717) is 27.6 Å². The van der Waals surface area contributed by atoms with Crippen LogP contribution < -0.4 is 20.7 Å². The second-order valence-corrected chi connectivity index (χ2v) is 11.7. The Labute approximate surface area is 226 Å². The number of hydrogen-bond acceptors (Lipinski definition) is 6. The van der Waals surface area contributed by atoms with Crippen molar-refractivity contribution in [3.8, 4) is 5.75 Å². The van der Waals surface area contributed by atoms with E-state index in [1.54, 1.807) is 19.4 Å². The summed E-state index contributed by atoms with van der Waals surface area (Å²) in [5, 5.41) is 10.2. The van der Waals surface area contributed by atoms with Gasteiger partial charge in [-0.25, -0.2) is 4.98 Å². The fourth-order valence-electron chi connectivity index (χ4n) is 4.13. The van der Waals surface area contributed by atoms with Gasteiger partial charge in [0.25, 0.3) is 11.8 Å². The van der Waals surface area contributed by atoms with Gasteiger partial charge in [0.2, 0.25) is 0 Å². The quantitative estimate of drug-likeness (QED) is 0.231. The number of benzene rings is 2. The summed E-state index contributed by atoms with van der Waals surface area (Å²) in [6.45, 7) is 7.29. The Hall–Kier alpha value is -3.91. The second-order valence-electron chi connectivity index (χ2n) is 10.7. The Balaban J connectivity index is 1.32. The zero-order valence-corrected chi connectivity index (χ0v) is 22.9. The van der Waals surface area contributed by atoms with Gasteiger partial charge in [-0.15, -0.1) is 11.3 Å². The van der Waals surface area contributed by atoms with E-state index in [1.807, 2.05) is 48.5 Å². The van der Waals surface area contributed by atoms with Crippen LogP contribution in [0.2, 0.25) is 0 Å². The lowest BCUT2D eigenvalue weighted by atomic mass is 9.87. The van der Waals surface area contributed by atoms with E-state index in [2.05, 4.69) is 41.7 Å². The molecule has 7 nitrogen and oxygen atoms in total. The number of methoxy groups -OCH3 is 1. The van der Waals surface area contributed by atoms with Crippen LogP contribution in [0.15, 0.2) is 60.8 Å². The highest BCUT2D eigenvalue weighted by molar-refractivity contribution is 7.21. The van der Waals surface area contributed by atoms with Crippen molar-refractivity contribution in [3.63, 3.8) is 0 Å². The molecule has 1 aliphatic rings.